The van der Waals surface area contributed by atoms with E-state index >= 15 is 0 Å². The van der Waals surface area contributed by atoms with Gasteiger partial charge >= 0.3 is 5.97 Å². The van der Waals surface area contributed by atoms with Crippen LogP contribution in [0.5, 0.6) is 11.5 Å². The number of para-hydroxylation sites is 1. The first-order chi connectivity index (χ1) is 12.7. The number of carbonyl (C=O) groups is 1. The number of benzene rings is 2. The van der Waals surface area contributed by atoms with Gasteiger partial charge in [-0.3, -0.25) is 9.69 Å². The zero-order valence-corrected chi connectivity index (χ0v) is 15.1. The van der Waals surface area contributed by atoms with E-state index in [-0.39, 0.29) is 23.8 Å². The summed E-state index contributed by atoms with van der Waals surface area (Å²) < 4.78 is 16.2. The summed E-state index contributed by atoms with van der Waals surface area (Å²) >= 11 is 0. The smallest absolute Gasteiger partial charge is 0.310 e. The summed E-state index contributed by atoms with van der Waals surface area (Å²) in [6.45, 7) is 1.99. The molecular formula is C21H23NO4. The number of nitrogens with zero attached hydrogens (tertiary/aromatic N) is 1. The Labute approximate surface area is 153 Å². The molecule has 5 heteroatoms. The second-order valence-electron chi connectivity index (χ2n) is 6.86. The van der Waals surface area contributed by atoms with E-state index in [0.717, 1.165) is 23.6 Å². The lowest BCUT2D eigenvalue weighted by Crippen LogP contribution is -2.33. The minimum Gasteiger partial charge on any atom is -0.497 e. The zero-order chi connectivity index (χ0) is 18.1. The van der Waals surface area contributed by atoms with Crippen molar-refractivity contribution in [1.29, 1.82) is 0 Å². The minimum absolute atomic E-state index is 0.107. The highest BCUT2D eigenvalue weighted by Crippen LogP contribution is 2.48. The number of methoxy groups -OCH3 is 2. The molecule has 0 amide bonds. The summed E-state index contributed by atoms with van der Waals surface area (Å²) in [5.41, 5.74) is 2.35. The van der Waals surface area contributed by atoms with Crippen LogP contribution >= 0.6 is 0 Å². The second kappa shape index (κ2) is 7.00. The Hall–Kier alpha value is -2.53. The van der Waals surface area contributed by atoms with Crippen molar-refractivity contribution in [2.45, 2.75) is 12.6 Å². The number of fused-ring (bicyclic) bond motifs is 3. The fraction of sp³-hybridized carbons (Fsp3) is 0.381. The lowest BCUT2D eigenvalue weighted by Gasteiger charge is -2.34. The Morgan fingerprint density at radius 2 is 1.92 bits per heavy atom. The first kappa shape index (κ1) is 16.9. The number of esters is 1. The Kier molecular flexibility index (Phi) is 4.55. The van der Waals surface area contributed by atoms with Crippen LogP contribution in [-0.2, 0) is 16.1 Å². The SMILES string of the molecule is COC(=O)[C@@H]1CN(Cc2ccc(OC)cc2)[C@H]2c3ccccc3OC[C@@H]12. The molecule has 0 radical (unpaired) electrons. The number of ether oxygens (including phenoxy) is 3. The Balaban J connectivity index is 1.65. The normalized spacial score (nSPS) is 24.3. The molecule has 2 aliphatic rings. The van der Waals surface area contributed by atoms with Crippen LogP contribution in [0, 0.1) is 11.8 Å². The molecule has 4 rings (SSSR count). The molecular weight excluding hydrogens is 330 g/mol. The van der Waals surface area contributed by atoms with Crippen molar-refractivity contribution >= 4 is 5.97 Å². The molecule has 0 spiro atoms. The predicted molar refractivity (Wildman–Crippen MR) is 97.1 cm³/mol. The van der Waals surface area contributed by atoms with Gasteiger partial charge in [0.2, 0.25) is 0 Å². The van der Waals surface area contributed by atoms with Gasteiger partial charge in [-0.25, -0.2) is 0 Å². The first-order valence-corrected chi connectivity index (χ1v) is 8.88. The monoisotopic (exact) mass is 353 g/mol. The highest BCUT2D eigenvalue weighted by atomic mass is 16.5. The largest absolute Gasteiger partial charge is 0.497 e. The molecule has 0 aliphatic carbocycles. The Morgan fingerprint density at radius 1 is 1.15 bits per heavy atom. The molecule has 2 heterocycles. The van der Waals surface area contributed by atoms with E-state index in [1.807, 2.05) is 30.3 Å². The highest BCUT2D eigenvalue weighted by Gasteiger charge is 2.49. The van der Waals surface area contributed by atoms with Crippen LogP contribution in [0.4, 0.5) is 0 Å². The summed E-state index contributed by atoms with van der Waals surface area (Å²) in [5.74, 6) is 1.54. The molecule has 1 fully saturated rings. The topological polar surface area (TPSA) is 48.0 Å². The molecule has 3 atom stereocenters. The van der Waals surface area contributed by atoms with Gasteiger partial charge in [-0.2, -0.15) is 0 Å². The van der Waals surface area contributed by atoms with E-state index in [2.05, 4.69) is 23.1 Å². The molecule has 136 valence electrons. The molecule has 2 aliphatic heterocycles. The van der Waals surface area contributed by atoms with E-state index in [1.54, 1.807) is 7.11 Å². The van der Waals surface area contributed by atoms with Crippen molar-refractivity contribution < 1.29 is 19.0 Å². The van der Waals surface area contributed by atoms with Crippen LogP contribution in [0.3, 0.4) is 0 Å². The van der Waals surface area contributed by atoms with Crippen molar-refractivity contribution in [1.82, 2.24) is 4.90 Å². The summed E-state index contributed by atoms with van der Waals surface area (Å²) in [6.07, 6.45) is 0. The van der Waals surface area contributed by atoms with E-state index in [1.165, 1.54) is 12.7 Å². The Morgan fingerprint density at radius 3 is 2.65 bits per heavy atom. The maximum Gasteiger partial charge on any atom is 0.310 e. The van der Waals surface area contributed by atoms with Gasteiger partial charge in [-0.05, 0) is 23.8 Å². The Bertz CT molecular complexity index is 789. The van der Waals surface area contributed by atoms with Crippen molar-refractivity contribution in [3.8, 4) is 11.5 Å². The molecule has 0 bridgehead atoms. The first-order valence-electron chi connectivity index (χ1n) is 8.88. The highest BCUT2D eigenvalue weighted by molar-refractivity contribution is 5.74. The number of carbonyl (C=O) groups excluding carboxylic acids is 1. The maximum absolute atomic E-state index is 12.3. The van der Waals surface area contributed by atoms with Gasteiger partial charge in [0.15, 0.2) is 0 Å². The average Bonchev–Trinajstić information content (AvgIpc) is 3.07. The van der Waals surface area contributed by atoms with Gasteiger partial charge in [-0.15, -0.1) is 0 Å². The third kappa shape index (κ3) is 2.92. The standard InChI is InChI=1S/C21H23NO4/c1-24-15-9-7-14(8-10-15)11-22-12-17(21(23)25-2)18-13-26-19-6-4-3-5-16(19)20(18)22/h3-10,17-18,20H,11-13H2,1-2H3/t17-,18+,20+/m1/s1. The van der Waals surface area contributed by atoms with Gasteiger partial charge in [0.25, 0.3) is 0 Å². The van der Waals surface area contributed by atoms with Crippen LogP contribution in [0.1, 0.15) is 17.2 Å². The van der Waals surface area contributed by atoms with Crippen molar-refractivity contribution in [3.63, 3.8) is 0 Å². The van der Waals surface area contributed by atoms with Crippen molar-refractivity contribution in [2.75, 3.05) is 27.4 Å². The predicted octanol–water partition coefficient (Wildman–Crippen LogP) is 3.05. The van der Waals surface area contributed by atoms with Crippen molar-refractivity contribution in [2.24, 2.45) is 11.8 Å². The maximum atomic E-state index is 12.3. The molecule has 0 N–H and O–H groups in total. The molecule has 1 saturated heterocycles. The average molecular weight is 353 g/mol. The van der Waals surface area contributed by atoms with Gasteiger partial charge < -0.3 is 14.2 Å². The molecule has 5 nitrogen and oxygen atoms in total. The second-order valence-corrected chi connectivity index (χ2v) is 6.86. The number of hydrogen-bond acceptors (Lipinski definition) is 5. The molecule has 2 aromatic rings. The van der Waals surface area contributed by atoms with E-state index in [0.29, 0.717) is 13.2 Å². The zero-order valence-electron chi connectivity index (χ0n) is 15.1. The fourth-order valence-corrected chi connectivity index (χ4v) is 4.20. The fourth-order valence-electron chi connectivity index (χ4n) is 4.20. The third-order valence-corrected chi connectivity index (χ3v) is 5.46. The minimum atomic E-state index is -0.170. The summed E-state index contributed by atoms with van der Waals surface area (Å²) in [7, 11) is 3.13. The lowest BCUT2D eigenvalue weighted by molar-refractivity contribution is -0.146. The van der Waals surface area contributed by atoms with Gasteiger partial charge in [0, 0.05) is 30.6 Å². The molecule has 0 unspecified atom stereocenters. The lowest BCUT2D eigenvalue weighted by atomic mass is 9.85. The quantitative estimate of drug-likeness (QED) is 0.791. The number of likely N-dealkylation sites (tertiary alicyclic amines) is 1. The van der Waals surface area contributed by atoms with E-state index in [9.17, 15) is 4.79 Å². The molecule has 0 aromatic heterocycles. The van der Waals surface area contributed by atoms with Crippen LogP contribution < -0.4 is 9.47 Å². The summed E-state index contributed by atoms with van der Waals surface area (Å²) in [4.78, 5) is 14.7. The van der Waals surface area contributed by atoms with Crippen LogP contribution in [-0.4, -0.2) is 38.2 Å². The number of hydrogen-bond donors (Lipinski definition) is 0. The summed E-state index contributed by atoms with van der Waals surface area (Å²) in [6, 6.07) is 16.4. The van der Waals surface area contributed by atoms with E-state index in [4.69, 9.17) is 14.2 Å². The molecule has 0 saturated carbocycles. The van der Waals surface area contributed by atoms with Crippen molar-refractivity contribution in [3.05, 3.63) is 59.7 Å². The molecule has 2 aromatic carbocycles. The van der Waals surface area contributed by atoms with E-state index < -0.39 is 0 Å². The van der Waals surface area contributed by atoms with Gasteiger partial charge in [0.1, 0.15) is 11.5 Å². The van der Waals surface area contributed by atoms with Gasteiger partial charge in [-0.1, -0.05) is 30.3 Å². The van der Waals surface area contributed by atoms with Crippen LogP contribution in [0.25, 0.3) is 0 Å². The third-order valence-electron chi connectivity index (χ3n) is 5.46. The van der Waals surface area contributed by atoms with Crippen LogP contribution in [0.2, 0.25) is 0 Å². The van der Waals surface area contributed by atoms with Gasteiger partial charge in [0.05, 0.1) is 26.7 Å². The summed E-state index contributed by atoms with van der Waals surface area (Å²) in [5, 5.41) is 0. The van der Waals surface area contributed by atoms with Crippen LogP contribution in [0.15, 0.2) is 48.5 Å². The molecule has 26 heavy (non-hydrogen) atoms. The number of rotatable bonds is 4.